The van der Waals surface area contributed by atoms with E-state index in [9.17, 15) is 26.7 Å². The average Bonchev–Trinajstić information content (AvgIpc) is 2.60. The highest BCUT2D eigenvalue weighted by atomic mass is 28.4. The Labute approximate surface area is 141 Å². The SMILES string of the molecule is CO[Si](CCCN(C(N)=O)c1c(F)c(F)c(F)c(F)c1F)(OC)OC. The highest BCUT2D eigenvalue weighted by Gasteiger charge is 2.38. The van der Waals surface area contributed by atoms with E-state index in [-0.39, 0.29) is 17.4 Å². The van der Waals surface area contributed by atoms with Gasteiger partial charge in [0.05, 0.1) is 0 Å². The molecule has 1 rings (SSSR count). The summed E-state index contributed by atoms with van der Waals surface area (Å²) in [5.41, 5.74) is 3.61. The molecule has 0 fully saturated rings. The maximum Gasteiger partial charge on any atom is 0.500 e. The van der Waals surface area contributed by atoms with Crippen molar-refractivity contribution in [3.05, 3.63) is 29.1 Å². The molecule has 0 aliphatic rings. The molecule has 1 aromatic rings. The van der Waals surface area contributed by atoms with Crippen LogP contribution >= 0.6 is 0 Å². The van der Waals surface area contributed by atoms with Crippen LogP contribution in [-0.4, -0.2) is 42.7 Å². The Kier molecular flexibility index (Phi) is 7.28. The molecule has 25 heavy (non-hydrogen) atoms. The van der Waals surface area contributed by atoms with Crippen molar-refractivity contribution in [3.8, 4) is 0 Å². The van der Waals surface area contributed by atoms with Gasteiger partial charge in [0, 0.05) is 33.9 Å². The lowest BCUT2D eigenvalue weighted by Crippen LogP contribution is -2.44. The summed E-state index contributed by atoms with van der Waals surface area (Å²) in [5, 5.41) is 0. The highest BCUT2D eigenvalue weighted by Crippen LogP contribution is 2.30. The van der Waals surface area contributed by atoms with Gasteiger partial charge >= 0.3 is 14.8 Å². The predicted molar refractivity (Wildman–Crippen MR) is 79.4 cm³/mol. The van der Waals surface area contributed by atoms with E-state index < -0.39 is 56.2 Å². The molecule has 12 heteroatoms. The first-order chi connectivity index (χ1) is 11.7. The van der Waals surface area contributed by atoms with Crippen molar-refractivity contribution in [2.75, 3.05) is 32.8 Å². The van der Waals surface area contributed by atoms with Crippen LogP contribution in [0.3, 0.4) is 0 Å². The number of hydrogen-bond donors (Lipinski definition) is 1. The van der Waals surface area contributed by atoms with E-state index >= 15 is 0 Å². The zero-order chi connectivity index (χ0) is 19.4. The fourth-order valence-electron chi connectivity index (χ4n) is 2.17. The number of urea groups is 1. The van der Waals surface area contributed by atoms with E-state index in [1.165, 1.54) is 21.3 Å². The number of carbonyl (C=O) groups is 1. The van der Waals surface area contributed by atoms with Gasteiger partial charge in [-0.1, -0.05) is 0 Å². The van der Waals surface area contributed by atoms with Crippen molar-refractivity contribution in [1.82, 2.24) is 0 Å². The number of hydrogen-bond acceptors (Lipinski definition) is 4. The normalized spacial score (nSPS) is 11.7. The van der Waals surface area contributed by atoms with Crippen molar-refractivity contribution in [3.63, 3.8) is 0 Å². The van der Waals surface area contributed by atoms with Gasteiger partial charge in [0.1, 0.15) is 5.69 Å². The molecule has 0 bridgehead atoms. The van der Waals surface area contributed by atoms with Crippen LogP contribution in [0.25, 0.3) is 0 Å². The second kappa shape index (κ2) is 8.56. The van der Waals surface area contributed by atoms with Crippen LogP contribution in [0.5, 0.6) is 0 Å². The lowest BCUT2D eigenvalue weighted by molar-refractivity contribution is 0.123. The molecule has 0 spiro atoms. The van der Waals surface area contributed by atoms with Crippen molar-refractivity contribution in [2.24, 2.45) is 5.73 Å². The monoisotopic (exact) mass is 388 g/mol. The number of anilines is 1. The van der Waals surface area contributed by atoms with Gasteiger partial charge in [0.25, 0.3) is 0 Å². The van der Waals surface area contributed by atoms with Crippen molar-refractivity contribution in [2.45, 2.75) is 12.5 Å². The first-order valence-electron chi connectivity index (χ1n) is 6.89. The first kappa shape index (κ1) is 21.3. The number of nitrogens with two attached hydrogens (primary N) is 1. The maximum atomic E-state index is 13.8. The highest BCUT2D eigenvalue weighted by molar-refractivity contribution is 6.60. The van der Waals surface area contributed by atoms with E-state index in [4.69, 9.17) is 19.0 Å². The van der Waals surface area contributed by atoms with Gasteiger partial charge in [0.2, 0.25) is 5.82 Å². The number of nitrogens with zero attached hydrogens (tertiary/aromatic N) is 1. The van der Waals surface area contributed by atoms with Gasteiger partial charge in [-0.2, -0.15) is 0 Å². The van der Waals surface area contributed by atoms with Crippen LogP contribution in [0, 0.1) is 29.1 Å². The Balaban J connectivity index is 3.13. The van der Waals surface area contributed by atoms with Crippen LogP contribution < -0.4 is 10.6 Å². The van der Waals surface area contributed by atoms with Gasteiger partial charge in [0.15, 0.2) is 23.3 Å². The number of amides is 2. The molecule has 0 atom stereocenters. The van der Waals surface area contributed by atoms with Crippen LogP contribution in [0.2, 0.25) is 6.04 Å². The second-order valence-corrected chi connectivity index (χ2v) is 7.90. The minimum Gasteiger partial charge on any atom is -0.377 e. The Morgan fingerprint density at radius 1 is 0.920 bits per heavy atom. The minimum absolute atomic E-state index is 0.00414. The fourth-order valence-corrected chi connectivity index (χ4v) is 3.88. The molecule has 142 valence electrons. The van der Waals surface area contributed by atoms with Gasteiger partial charge < -0.3 is 19.0 Å². The Bertz CT molecular complexity index is 608. The van der Waals surface area contributed by atoms with Crippen LogP contribution in [0.1, 0.15) is 6.42 Å². The molecular weight excluding hydrogens is 371 g/mol. The minimum atomic E-state index is -3.05. The first-order valence-corrected chi connectivity index (χ1v) is 8.82. The molecule has 0 heterocycles. The smallest absolute Gasteiger partial charge is 0.377 e. The molecule has 1 aromatic carbocycles. The molecule has 6 nitrogen and oxygen atoms in total. The van der Waals surface area contributed by atoms with E-state index in [0.717, 1.165) is 0 Å². The standard InChI is InChI=1S/C13H17F5N2O4Si/c1-22-25(23-2,24-3)6-4-5-20(13(19)21)12-10(17)8(15)7(14)9(16)11(12)18/h4-6H2,1-3H3,(H2,19,21). The van der Waals surface area contributed by atoms with Crippen molar-refractivity contribution in [1.29, 1.82) is 0 Å². The number of halogens is 5. The van der Waals surface area contributed by atoms with E-state index in [2.05, 4.69) is 0 Å². The van der Waals surface area contributed by atoms with Crippen molar-refractivity contribution < 1.29 is 40.0 Å². The van der Waals surface area contributed by atoms with Gasteiger partial charge in [-0.15, -0.1) is 0 Å². The summed E-state index contributed by atoms with van der Waals surface area (Å²) in [5.74, 6) is -11.0. The molecule has 0 aliphatic carbocycles. The second-order valence-electron chi connectivity index (χ2n) is 4.81. The summed E-state index contributed by atoms with van der Waals surface area (Å²) in [7, 11) is 0.933. The Morgan fingerprint density at radius 3 is 1.68 bits per heavy atom. The lowest BCUT2D eigenvalue weighted by atomic mass is 10.2. The maximum absolute atomic E-state index is 13.8. The van der Waals surface area contributed by atoms with Crippen molar-refractivity contribution >= 4 is 20.5 Å². The third-order valence-electron chi connectivity index (χ3n) is 3.52. The fraction of sp³-hybridized carbons (Fsp3) is 0.462. The molecule has 0 saturated heterocycles. The summed E-state index contributed by atoms with van der Waals surface area (Å²) in [6, 6.07) is -1.28. The van der Waals surface area contributed by atoms with E-state index in [0.29, 0.717) is 0 Å². The summed E-state index contributed by atoms with van der Waals surface area (Å²) in [6.45, 7) is -0.446. The molecular formula is C13H17F5N2O4Si. The average molecular weight is 388 g/mol. The lowest BCUT2D eigenvalue weighted by Gasteiger charge is -2.26. The van der Waals surface area contributed by atoms with E-state index in [1.807, 2.05) is 0 Å². The van der Waals surface area contributed by atoms with Crippen LogP contribution in [-0.2, 0) is 13.3 Å². The zero-order valence-corrected chi connectivity index (χ0v) is 14.7. The largest absolute Gasteiger partial charge is 0.500 e. The van der Waals surface area contributed by atoms with Gasteiger partial charge in [-0.05, 0) is 6.42 Å². The van der Waals surface area contributed by atoms with Gasteiger partial charge in [-0.25, -0.2) is 26.7 Å². The van der Waals surface area contributed by atoms with Crippen LogP contribution in [0.15, 0.2) is 0 Å². The zero-order valence-electron chi connectivity index (χ0n) is 13.7. The number of rotatable bonds is 8. The number of primary amides is 1. The third-order valence-corrected chi connectivity index (χ3v) is 6.35. The Hall–Kier alpha value is -1.76. The molecule has 2 amide bonds. The molecule has 0 unspecified atom stereocenters. The summed E-state index contributed by atoms with van der Waals surface area (Å²) in [6.07, 6.45) is 0.00414. The molecule has 2 N–H and O–H groups in total. The molecule has 0 saturated carbocycles. The summed E-state index contributed by atoms with van der Waals surface area (Å²) in [4.78, 5) is 11.7. The predicted octanol–water partition coefficient (Wildman–Crippen LogP) is 2.54. The summed E-state index contributed by atoms with van der Waals surface area (Å²) < 4.78 is 82.8. The van der Waals surface area contributed by atoms with E-state index in [1.54, 1.807) is 0 Å². The molecule has 0 aromatic heterocycles. The topological polar surface area (TPSA) is 74.0 Å². The Morgan fingerprint density at radius 2 is 1.32 bits per heavy atom. The number of carbonyl (C=O) groups excluding carboxylic acids is 1. The summed E-state index contributed by atoms with van der Waals surface area (Å²) >= 11 is 0. The molecule has 0 radical (unpaired) electrons. The number of benzene rings is 1. The van der Waals surface area contributed by atoms with Crippen LogP contribution in [0.4, 0.5) is 32.4 Å². The third kappa shape index (κ3) is 4.26. The molecule has 0 aliphatic heterocycles. The van der Waals surface area contributed by atoms with Gasteiger partial charge in [-0.3, -0.25) is 4.90 Å². The quantitative estimate of drug-likeness (QED) is 0.322.